The Bertz CT molecular complexity index is 527. The van der Waals surface area contributed by atoms with Crippen LogP contribution < -0.4 is 5.32 Å². The summed E-state index contributed by atoms with van der Waals surface area (Å²) < 4.78 is 26.1. The molecular formula is C15H26N2O2S. The Labute approximate surface area is 123 Å². The molecule has 1 N–H and O–H groups in total. The first kappa shape index (κ1) is 17.1. The fraction of sp³-hybridized carbons (Fsp3) is 0.600. The third-order valence-electron chi connectivity index (χ3n) is 3.45. The predicted octanol–water partition coefficient (Wildman–Crippen LogP) is 2.39. The van der Waals surface area contributed by atoms with Crippen molar-refractivity contribution in [2.45, 2.75) is 45.1 Å². The van der Waals surface area contributed by atoms with Crippen molar-refractivity contribution in [3.63, 3.8) is 0 Å². The van der Waals surface area contributed by atoms with Gasteiger partial charge in [-0.25, -0.2) is 12.7 Å². The van der Waals surface area contributed by atoms with Gasteiger partial charge in [0.25, 0.3) is 0 Å². The summed E-state index contributed by atoms with van der Waals surface area (Å²) in [5, 5.41) is 3.34. The van der Waals surface area contributed by atoms with E-state index >= 15 is 0 Å². The lowest BCUT2D eigenvalue weighted by Gasteiger charge is -2.17. The average molecular weight is 298 g/mol. The van der Waals surface area contributed by atoms with Gasteiger partial charge in [-0.2, -0.15) is 0 Å². The number of nitrogens with one attached hydrogen (secondary N) is 1. The highest BCUT2D eigenvalue weighted by Crippen LogP contribution is 2.19. The van der Waals surface area contributed by atoms with Crippen LogP contribution in [0.5, 0.6) is 0 Å². The largest absolute Gasteiger partial charge is 0.313 e. The van der Waals surface area contributed by atoms with E-state index in [2.05, 4.69) is 19.2 Å². The number of sulfonamides is 1. The van der Waals surface area contributed by atoms with Gasteiger partial charge in [-0.3, -0.25) is 0 Å². The molecule has 114 valence electrons. The van der Waals surface area contributed by atoms with Crippen LogP contribution >= 0.6 is 0 Å². The first-order valence-corrected chi connectivity index (χ1v) is 8.70. The minimum absolute atomic E-state index is 0.382. The lowest BCUT2D eigenvalue weighted by Crippen LogP contribution is -2.27. The third-order valence-corrected chi connectivity index (χ3v) is 5.38. The van der Waals surface area contributed by atoms with Crippen LogP contribution in [0.2, 0.25) is 0 Å². The van der Waals surface area contributed by atoms with E-state index in [1.54, 1.807) is 13.1 Å². The molecule has 4 nitrogen and oxygen atoms in total. The summed E-state index contributed by atoms with van der Waals surface area (Å²) >= 11 is 0. The van der Waals surface area contributed by atoms with Gasteiger partial charge < -0.3 is 5.32 Å². The molecule has 0 fully saturated rings. The van der Waals surface area contributed by atoms with Crippen LogP contribution in [0.3, 0.4) is 0 Å². The molecule has 1 rings (SSSR count). The minimum Gasteiger partial charge on any atom is -0.313 e. The van der Waals surface area contributed by atoms with Crippen LogP contribution in [-0.4, -0.2) is 32.9 Å². The predicted molar refractivity (Wildman–Crippen MR) is 83.3 cm³/mol. The Morgan fingerprint density at radius 3 is 2.40 bits per heavy atom. The van der Waals surface area contributed by atoms with Crippen LogP contribution in [0.25, 0.3) is 0 Å². The number of aryl methyl sites for hydroxylation is 1. The second-order valence-electron chi connectivity index (χ2n) is 4.88. The van der Waals surface area contributed by atoms with Crippen LogP contribution in [-0.2, 0) is 23.0 Å². The molecule has 0 radical (unpaired) electrons. The van der Waals surface area contributed by atoms with E-state index < -0.39 is 10.0 Å². The SMILES string of the molecule is CCCNCc1cc(S(=O)(=O)N(C)CC)ccc1CC. The van der Waals surface area contributed by atoms with Gasteiger partial charge >= 0.3 is 0 Å². The van der Waals surface area contributed by atoms with E-state index in [-0.39, 0.29) is 0 Å². The molecule has 0 aromatic heterocycles. The van der Waals surface area contributed by atoms with Gasteiger partial charge in [-0.05, 0) is 42.6 Å². The maximum absolute atomic E-state index is 12.4. The second-order valence-corrected chi connectivity index (χ2v) is 6.92. The molecule has 0 bridgehead atoms. The Hall–Kier alpha value is -0.910. The molecule has 1 aromatic carbocycles. The monoisotopic (exact) mass is 298 g/mol. The van der Waals surface area contributed by atoms with Crippen molar-refractivity contribution in [2.75, 3.05) is 20.1 Å². The standard InChI is InChI=1S/C15H26N2O2S/c1-5-10-16-12-14-11-15(9-8-13(14)6-2)20(18,19)17(4)7-3/h8-9,11,16H,5-7,10,12H2,1-4H3. The fourth-order valence-corrected chi connectivity index (χ4v) is 3.25. The molecule has 0 aliphatic heterocycles. The molecule has 0 saturated carbocycles. The first-order valence-electron chi connectivity index (χ1n) is 7.26. The van der Waals surface area contributed by atoms with E-state index in [4.69, 9.17) is 0 Å². The smallest absolute Gasteiger partial charge is 0.242 e. The molecule has 0 aliphatic carbocycles. The lowest BCUT2D eigenvalue weighted by molar-refractivity contribution is 0.486. The number of nitrogens with zero attached hydrogens (tertiary/aromatic N) is 1. The van der Waals surface area contributed by atoms with Crippen LogP contribution in [0.1, 0.15) is 38.3 Å². The summed E-state index contributed by atoms with van der Waals surface area (Å²) in [4.78, 5) is 0.382. The number of hydrogen-bond acceptors (Lipinski definition) is 3. The van der Waals surface area contributed by atoms with Gasteiger partial charge in [0, 0.05) is 20.1 Å². The highest BCUT2D eigenvalue weighted by Gasteiger charge is 2.20. The van der Waals surface area contributed by atoms with Gasteiger partial charge in [0.2, 0.25) is 10.0 Å². The molecule has 0 amide bonds. The van der Waals surface area contributed by atoms with Crippen molar-refractivity contribution >= 4 is 10.0 Å². The maximum atomic E-state index is 12.4. The van der Waals surface area contributed by atoms with E-state index in [0.29, 0.717) is 11.4 Å². The number of benzene rings is 1. The molecule has 0 atom stereocenters. The quantitative estimate of drug-likeness (QED) is 0.750. The Morgan fingerprint density at radius 1 is 1.15 bits per heavy atom. The molecular weight excluding hydrogens is 272 g/mol. The van der Waals surface area contributed by atoms with Crippen molar-refractivity contribution in [3.8, 4) is 0 Å². The van der Waals surface area contributed by atoms with Crippen molar-refractivity contribution in [1.82, 2.24) is 9.62 Å². The molecule has 0 spiro atoms. The van der Waals surface area contributed by atoms with E-state index in [9.17, 15) is 8.42 Å². The third kappa shape index (κ3) is 4.04. The minimum atomic E-state index is -3.36. The summed E-state index contributed by atoms with van der Waals surface area (Å²) in [5.74, 6) is 0. The molecule has 0 aliphatic rings. The van der Waals surface area contributed by atoms with Crippen LogP contribution in [0.4, 0.5) is 0 Å². The van der Waals surface area contributed by atoms with Gasteiger partial charge in [-0.1, -0.05) is 26.8 Å². The number of rotatable bonds is 8. The van der Waals surface area contributed by atoms with E-state index in [0.717, 1.165) is 31.5 Å². The molecule has 20 heavy (non-hydrogen) atoms. The summed E-state index contributed by atoms with van der Waals surface area (Å²) in [6.45, 7) is 8.17. The summed E-state index contributed by atoms with van der Waals surface area (Å²) in [7, 11) is -1.75. The van der Waals surface area contributed by atoms with Crippen LogP contribution in [0.15, 0.2) is 23.1 Å². The molecule has 0 unspecified atom stereocenters. The molecule has 0 saturated heterocycles. The average Bonchev–Trinajstić information content (AvgIpc) is 2.46. The summed E-state index contributed by atoms with van der Waals surface area (Å²) in [6.07, 6.45) is 1.98. The first-order chi connectivity index (χ1) is 9.47. The summed E-state index contributed by atoms with van der Waals surface area (Å²) in [6, 6.07) is 5.45. The lowest BCUT2D eigenvalue weighted by atomic mass is 10.1. The summed E-state index contributed by atoms with van der Waals surface area (Å²) in [5.41, 5.74) is 2.28. The number of hydrogen-bond donors (Lipinski definition) is 1. The molecule has 5 heteroatoms. The Kier molecular flexibility index (Phi) is 6.65. The normalized spacial score (nSPS) is 12.1. The second kappa shape index (κ2) is 7.76. The van der Waals surface area contributed by atoms with Crippen molar-refractivity contribution in [1.29, 1.82) is 0 Å². The van der Waals surface area contributed by atoms with Gasteiger partial charge in [0.15, 0.2) is 0 Å². The van der Waals surface area contributed by atoms with Gasteiger partial charge in [0.1, 0.15) is 0 Å². The zero-order chi connectivity index (χ0) is 15.2. The molecule has 1 aromatic rings. The zero-order valence-electron chi connectivity index (χ0n) is 12.9. The van der Waals surface area contributed by atoms with Gasteiger partial charge in [0.05, 0.1) is 4.90 Å². The highest BCUT2D eigenvalue weighted by molar-refractivity contribution is 7.89. The zero-order valence-corrected chi connectivity index (χ0v) is 13.8. The van der Waals surface area contributed by atoms with E-state index in [1.807, 2.05) is 19.1 Å². The fourth-order valence-electron chi connectivity index (χ4n) is 2.02. The van der Waals surface area contributed by atoms with Crippen LogP contribution in [0, 0.1) is 0 Å². The van der Waals surface area contributed by atoms with Crippen molar-refractivity contribution in [3.05, 3.63) is 29.3 Å². The van der Waals surface area contributed by atoms with Crippen molar-refractivity contribution < 1.29 is 8.42 Å². The Morgan fingerprint density at radius 2 is 1.85 bits per heavy atom. The van der Waals surface area contributed by atoms with Gasteiger partial charge in [-0.15, -0.1) is 0 Å². The highest BCUT2D eigenvalue weighted by atomic mass is 32.2. The molecule has 0 heterocycles. The maximum Gasteiger partial charge on any atom is 0.242 e. The Balaban J connectivity index is 3.09. The van der Waals surface area contributed by atoms with Crippen molar-refractivity contribution in [2.24, 2.45) is 0 Å². The van der Waals surface area contributed by atoms with E-state index in [1.165, 1.54) is 9.87 Å². The topological polar surface area (TPSA) is 49.4 Å².